The molecule has 0 aromatic rings. The molecule has 0 heterocycles. The summed E-state index contributed by atoms with van der Waals surface area (Å²) in [5, 5.41) is 20.0. The Balaban J connectivity index is 4.78. The van der Waals surface area contributed by atoms with Crippen LogP contribution in [-0.2, 0) is 41.8 Å². The van der Waals surface area contributed by atoms with E-state index in [-0.39, 0.29) is 25.7 Å². The second-order valence-electron chi connectivity index (χ2n) is 14.0. The number of rotatable bonds is 37. The quantitative estimate of drug-likeness (QED) is 0.0130. The minimum atomic E-state index is -4.88. The van der Waals surface area contributed by atoms with Crippen molar-refractivity contribution < 1.29 is 66.7 Å². The van der Waals surface area contributed by atoms with Crippen LogP contribution < -0.4 is 0 Å². The van der Waals surface area contributed by atoms with Crippen molar-refractivity contribution in [1.82, 2.24) is 0 Å². The molecule has 16 heteroatoms. The first-order chi connectivity index (χ1) is 27.2. The van der Waals surface area contributed by atoms with Gasteiger partial charge in [-0.3, -0.25) is 23.2 Å². The largest absolute Gasteiger partial charge is 0.472 e. The minimum absolute atomic E-state index is 0.101. The molecule has 0 amide bonds. The number of carbonyl (C=O) groups is 2. The van der Waals surface area contributed by atoms with Crippen LogP contribution in [0.3, 0.4) is 0 Å². The maximum atomic E-state index is 12.6. The van der Waals surface area contributed by atoms with E-state index in [1.807, 2.05) is 12.2 Å². The molecular weight excluding hydrogens is 778 g/mol. The molecule has 0 aromatic heterocycles. The molecule has 0 radical (unpaired) electrons. The van der Waals surface area contributed by atoms with E-state index in [2.05, 4.69) is 66.3 Å². The van der Waals surface area contributed by atoms with Crippen LogP contribution in [0.4, 0.5) is 0 Å². The zero-order valence-electron chi connectivity index (χ0n) is 34.4. The Morgan fingerprint density at radius 3 is 1.77 bits per heavy atom. The second kappa shape index (κ2) is 35.7. The lowest BCUT2D eigenvalue weighted by molar-refractivity contribution is -0.161. The Bertz CT molecular complexity index is 1280. The number of allylic oxidation sites excluding steroid dienone is 9. The van der Waals surface area contributed by atoms with E-state index in [0.717, 1.165) is 57.3 Å². The number of unbranched alkanes of at least 4 members (excludes halogenated alkanes) is 7. The number of hydrogen-bond acceptors (Lipinski definition) is 11. The number of phosphoric acid groups is 2. The van der Waals surface area contributed by atoms with Crippen molar-refractivity contribution in [3.63, 3.8) is 0 Å². The fourth-order valence-electron chi connectivity index (χ4n) is 5.06. The molecule has 57 heavy (non-hydrogen) atoms. The molecule has 0 aliphatic carbocycles. The van der Waals surface area contributed by atoms with E-state index < -0.39 is 72.3 Å². The van der Waals surface area contributed by atoms with Gasteiger partial charge in [-0.15, -0.1) is 0 Å². The number of hydrogen-bond donors (Lipinski definition) is 5. The Morgan fingerprint density at radius 1 is 0.614 bits per heavy atom. The summed E-state index contributed by atoms with van der Waals surface area (Å²) in [5.74, 6) is -0.460. The second-order valence-corrected chi connectivity index (χ2v) is 16.7. The molecule has 0 aromatic carbocycles. The summed E-state index contributed by atoms with van der Waals surface area (Å²) < 4.78 is 47.5. The minimum Gasteiger partial charge on any atom is -0.462 e. The highest BCUT2D eigenvalue weighted by atomic mass is 31.2. The van der Waals surface area contributed by atoms with E-state index in [0.29, 0.717) is 6.42 Å². The van der Waals surface area contributed by atoms with Crippen molar-refractivity contribution in [2.45, 2.75) is 155 Å². The van der Waals surface area contributed by atoms with Crippen molar-refractivity contribution >= 4 is 27.6 Å². The first-order valence-electron chi connectivity index (χ1n) is 20.5. The smallest absolute Gasteiger partial charge is 0.462 e. The fourth-order valence-corrected chi connectivity index (χ4v) is 6.21. The first-order valence-corrected chi connectivity index (χ1v) is 23.5. The van der Waals surface area contributed by atoms with Crippen LogP contribution in [0, 0.1) is 5.92 Å². The molecule has 0 saturated heterocycles. The molecule has 5 atom stereocenters. The van der Waals surface area contributed by atoms with Gasteiger partial charge in [-0.25, -0.2) is 9.13 Å². The molecule has 330 valence electrons. The van der Waals surface area contributed by atoms with Gasteiger partial charge in [0.15, 0.2) is 6.10 Å². The highest BCUT2D eigenvalue weighted by Crippen LogP contribution is 2.43. The Kier molecular flexibility index (Phi) is 34.3. The first kappa shape index (κ1) is 54.8. The standard InChI is InChI=1S/C41H72O14P2/c1-4-6-7-8-9-10-11-12-13-14-18-21-24-28-37(42)29-26-31-41(45)55-39(35-54-57(49,50)53-33-38(43)32-52-56(46,47)48)34-51-40(44)30-25-22-19-16-15-17-20-23-27-36(3)5-2/h6-7,9-10,12-13,18,21,24,28,36-39,42-43H,4-5,8,11,14-17,19-20,22-23,25-27,29-35H2,1-3H3,(H,49,50)(H2,46,47,48)/b7-6-,10-9-,13-12-,21-18-,28-24+/t36?,37?,38-,39+/m0/s1. The van der Waals surface area contributed by atoms with Crippen LogP contribution >= 0.6 is 15.6 Å². The summed E-state index contributed by atoms with van der Waals surface area (Å²) >= 11 is 0. The molecule has 0 bridgehead atoms. The normalized spacial score (nSPS) is 15.9. The van der Waals surface area contributed by atoms with Gasteiger partial charge in [0, 0.05) is 12.8 Å². The molecule has 0 aliphatic heterocycles. The summed E-state index contributed by atoms with van der Waals surface area (Å²) in [6.07, 6.45) is 31.2. The topological polar surface area (TPSA) is 216 Å². The molecule has 0 aliphatic rings. The highest BCUT2D eigenvalue weighted by molar-refractivity contribution is 7.47. The fraction of sp³-hybridized carbons (Fsp3) is 0.707. The molecular formula is C41H72O14P2. The average Bonchev–Trinajstić information content (AvgIpc) is 3.16. The van der Waals surface area contributed by atoms with E-state index in [1.165, 1.54) is 32.1 Å². The van der Waals surface area contributed by atoms with Crippen molar-refractivity contribution in [2.24, 2.45) is 5.92 Å². The third kappa shape index (κ3) is 39.0. The summed E-state index contributed by atoms with van der Waals surface area (Å²) in [6, 6.07) is 0. The van der Waals surface area contributed by atoms with Crippen LogP contribution in [0.15, 0.2) is 60.8 Å². The van der Waals surface area contributed by atoms with E-state index in [9.17, 15) is 33.8 Å². The zero-order valence-corrected chi connectivity index (χ0v) is 36.2. The maximum Gasteiger partial charge on any atom is 0.472 e. The zero-order chi connectivity index (χ0) is 42.6. The van der Waals surface area contributed by atoms with Crippen LogP contribution in [0.2, 0.25) is 0 Å². The average molecular weight is 851 g/mol. The number of phosphoric ester groups is 2. The summed E-state index contributed by atoms with van der Waals surface area (Å²) in [6.45, 7) is 3.69. The maximum absolute atomic E-state index is 12.6. The van der Waals surface area contributed by atoms with E-state index in [4.69, 9.17) is 23.8 Å². The van der Waals surface area contributed by atoms with Crippen LogP contribution in [0.25, 0.3) is 0 Å². The van der Waals surface area contributed by atoms with Gasteiger partial charge in [0.2, 0.25) is 0 Å². The highest BCUT2D eigenvalue weighted by Gasteiger charge is 2.28. The van der Waals surface area contributed by atoms with Crippen molar-refractivity contribution in [1.29, 1.82) is 0 Å². The van der Waals surface area contributed by atoms with Gasteiger partial charge in [-0.05, 0) is 50.9 Å². The predicted octanol–water partition coefficient (Wildman–Crippen LogP) is 8.88. The number of aliphatic hydroxyl groups is 2. The van der Waals surface area contributed by atoms with Gasteiger partial charge < -0.3 is 34.4 Å². The SMILES string of the molecule is CC/C=C\C/C=C\C/C=C\C/C=C\C=C\C(O)CCCC(=O)O[C@H](COC(=O)CCCCCCCCCCC(C)CC)COP(=O)(O)OC[C@@H](O)COP(=O)(O)O. The molecule has 0 fully saturated rings. The third-order valence-electron chi connectivity index (χ3n) is 8.56. The van der Waals surface area contributed by atoms with Crippen molar-refractivity contribution in [3.8, 4) is 0 Å². The molecule has 3 unspecified atom stereocenters. The van der Waals surface area contributed by atoms with Crippen LogP contribution in [0.1, 0.15) is 136 Å². The third-order valence-corrected chi connectivity index (χ3v) is 9.99. The lowest BCUT2D eigenvalue weighted by Gasteiger charge is -2.20. The van der Waals surface area contributed by atoms with Gasteiger partial charge in [0.25, 0.3) is 0 Å². The van der Waals surface area contributed by atoms with E-state index >= 15 is 0 Å². The van der Waals surface area contributed by atoms with Gasteiger partial charge >= 0.3 is 27.6 Å². The van der Waals surface area contributed by atoms with Gasteiger partial charge in [-0.2, -0.15) is 0 Å². The number of ether oxygens (including phenoxy) is 2. The molecule has 5 N–H and O–H groups in total. The van der Waals surface area contributed by atoms with Crippen molar-refractivity contribution in [3.05, 3.63) is 60.8 Å². The molecule has 0 spiro atoms. The predicted molar refractivity (Wildman–Crippen MR) is 222 cm³/mol. The number of aliphatic hydroxyl groups excluding tert-OH is 2. The number of esters is 2. The Morgan fingerprint density at radius 2 is 1.16 bits per heavy atom. The Hall–Kier alpha value is -2.22. The molecule has 14 nitrogen and oxygen atoms in total. The van der Waals surface area contributed by atoms with Crippen molar-refractivity contribution in [2.75, 3.05) is 26.4 Å². The number of carbonyl (C=O) groups excluding carboxylic acids is 2. The summed E-state index contributed by atoms with van der Waals surface area (Å²) in [5.41, 5.74) is 0. The van der Waals surface area contributed by atoms with Crippen LogP contribution in [-0.4, -0.2) is 81.6 Å². The van der Waals surface area contributed by atoms with Gasteiger partial charge in [-0.1, -0.05) is 139 Å². The summed E-state index contributed by atoms with van der Waals surface area (Å²) in [4.78, 5) is 52.6. The Labute approximate surface area is 341 Å². The molecule has 0 saturated carbocycles. The van der Waals surface area contributed by atoms with Gasteiger partial charge in [0.1, 0.15) is 12.7 Å². The van der Waals surface area contributed by atoms with E-state index in [1.54, 1.807) is 12.2 Å². The molecule has 0 rings (SSSR count). The summed E-state index contributed by atoms with van der Waals surface area (Å²) in [7, 11) is -9.74. The van der Waals surface area contributed by atoms with Gasteiger partial charge in [0.05, 0.1) is 25.9 Å². The van der Waals surface area contributed by atoms with Crippen LogP contribution in [0.5, 0.6) is 0 Å². The lowest BCUT2D eigenvalue weighted by Crippen LogP contribution is -2.30. The monoisotopic (exact) mass is 850 g/mol. The lowest BCUT2D eigenvalue weighted by atomic mass is 9.99.